The largest absolute Gasteiger partial charge is 0.487 e. The first-order valence-corrected chi connectivity index (χ1v) is 9.34. The van der Waals surface area contributed by atoms with Gasteiger partial charge in [-0.15, -0.1) is 12.4 Å². The molecule has 130 valence electrons. The summed E-state index contributed by atoms with van der Waals surface area (Å²) in [6.07, 6.45) is 0. The van der Waals surface area contributed by atoms with E-state index in [1.54, 1.807) is 0 Å². The fraction of sp³-hybridized carbons (Fsp3) is 0.235. The Bertz CT molecular complexity index is 659. The first-order chi connectivity index (χ1) is 11.0. The third-order valence-electron chi connectivity index (χ3n) is 2.96. The third-order valence-corrected chi connectivity index (χ3v) is 4.56. The van der Waals surface area contributed by atoms with Crippen molar-refractivity contribution in [2.75, 3.05) is 0 Å². The number of amides is 1. The summed E-state index contributed by atoms with van der Waals surface area (Å²) in [6.45, 7) is 4.44. The van der Waals surface area contributed by atoms with E-state index >= 15 is 0 Å². The van der Waals surface area contributed by atoms with Gasteiger partial charge in [0.2, 0.25) is 0 Å². The van der Waals surface area contributed by atoms with E-state index in [1.807, 2.05) is 56.3 Å². The molecule has 0 atom stereocenters. The first kappa shape index (κ1) is 21.5. The van der Waals surface area contributed by atoms with E-state index in [0.29, 0.717) is 12.2 Å². The van der Waals surface area contributed by atoms with Crippen molar-refractivity contribution in [3.05, 3.63) is 60.7 Å². The summed E-state index contributed by atoms with van der Waals surface area (Å²) in [5, 5.41) is 0. The quantitative estimate of drug-likeness (QED) is 0.395. The lowest BCUT2D eigenvalue weighted by atomic mass is 10.2. The zero-order valence-electron chi connectivity index (χ0n) is 13.3. The van der Waals surface area contributed by atoms with Crippen molar-refractivity contribution in [2.45, 2.75) is 26.5 Å². The number of benzene rings is 2. The van der Waals surface area contributed by atoms with E-state index in [4.69, 9.17) is 4.74 Å². The van der Waals surface area contributed by atoms with Crippen LogP contribution in [0.15, 0.2) is 42.5 Å². The maximum Gasteiger partial charge on any atom is 0.265 e. The van der Waals surface area contributed by atoms with Gasteiger partial charge >= 0.3 is 0 Å². The van der Waals surface area contributed by atoms with Crippen molar-refractivity contribution in [1.82, 2.24) is 10.9 Å². The second-order valence-corrected chi connectivity index (χ2v) is 7.62. The summed E-state index contributed by atoms with van der Waals surface area (Å²) in [6, 6.07) is 13.9. The van der Waals surface area contributed by atoms with Gasteiger partial charge in [-0.2, -0.15) is 0 Å². The zero-order valence-corrected chi connectivity index (χ0v) is 18.4. The Balaban J connectivity index is 0.00000288. The average Bonchev–Trinajstić information content (AvgIpc) is 2.52. The number of ether oxygens (including phenoxy) is 1. The lowest BCUT2D eigenvalue weighted by molar-refractivity contribution is 0.0927. The highest BCUT2D eigenvalue weighted by atomic mass is 127. The molecule has 2 aromatic carbocycles. The van der Waals surface area contributed by atoms with Gasteiger partial charge in [-0.25, -0.2) is 5.43 Å². The third kappa shape index (κ3) is 6.38. The smallest absolute Gasteiger partial charge is 0.265 e. The van der Waals surface area contributed by atoms with Crippen LogP contribution in [0.4, 0.5) is 0 Å². The van der Waals surface area contributed by atoms with Crippen molar-refractivity contribution in [2.24, 2.45) is 0 Å². The highest BCUT2D eigenvalue weighted by Gasteiger charge is 2.13. The molecule has 2 N–H and O–H groups in total. The Morgan fingerprint density at radius 2 is 1.71 bits per heavy atom. The van der Waals surface area contributed by atoms with Gasteiger partial charge in [0.1, 0.15) is 12.4 Å². The van der Waals surface area contributed by atoms with Crippen LogP contribution in [-0.2, 0) is 6.61 Å². The molecule has 0 fully saturated rings. The Kier molecular flexibility index (Phi) is 9.32. The van der Waals surface area contributed by atoms with Gasteiger partial charge in [0.15, 0.2) is 0 Å². The fourth-order valence-corrected chi connectivity index (χ4v) is 3.92. The molecule has 0 aliphatic heterocycles. The summed E-state index contributed by atoms with van der Waals surface area (Å²) in [5.74, 6) is 0.660. The fourth-order valence-electron chi connectivity index (χ4n) is 1.84. The number of carbonyl (C=O) groups is 1. The molecule has 0 bridgehead atoms. The molecule has 0 saturated carbocycles. The molecular formula is C17H19ClI2N2O2. The molecule has 24 heavy (non-hydrogen) atoms. The van der Waals surface area contributed by atoms with E-state index in [2.05, 4.69) is 56.0 Å². The summed E-state index contributed by atoms with van der Waals surface area (Å²) in [7, 11) is 0. The van der Waals surface area contributed by atoms with Crippen LogP contribution in [-0.4, -0.2) is 11.9 Å². The minimum atomic E-state index is -0.149. The lowest BCUT2D eigenvalue weighted by Crippen LogP contribution is -2.41. The van der Waals surface area contributed by atoms with Gasteiger partial charge in [0, 0.05) is 11.6 Å². The zero-order chi connectivity index (χ0) is 16.8. The molecule has 0 aliphatic carbocycles. The highest BCUT2D eigenvalue weighted by Crippen LogP contribution is 2.29. The van der Waals surface area contributed by atoms with E-state index in [0.717, 1.165) is 18.5 Å². The molecular weight excluding hydrogens is 553 g/mol. The Morgan fingerprint density at radius 1 is 1.12 bits per heavy atom. The van der Waals surface area contributed by atoms with Gasteiger partial charge in [-0.3, -0.25) is 10.2 Å². The van der Waals surface area contributed by atoms with Crippen LogP contribution in [0.25, 0.3) is 0 Å². The van der Waals surface area contributed by atoms with Gasteiger partial charge in [0.25, 0.3) is 5.91 Å². The number of hydrogen-bond acceptors (Lipinski definition) is 3. The van der Waals surface area contributed by atoms with Crippen LogP contribution in [0.1, 0.15) is 29.8 Å². The van der Waals surface area contributed by atoms with Crippen LogP contribution in [0, 0.1) is 7.14 Å². The molecule has 0 aromatic heterocycles. The Morgan fingerprint density at radius 3 is 2.25 bits per heavy atom. The SMILES string of the molecule is CC(C)NNC(=O)c1cc(I)c(OCc2ccccc2)c(I)c1.Cl. The summed E-state index contributed by atoms with van der Waals surface area (Å²) in [4.78, 5) is 12.1. The molecule has 2 rings (SSSR count). The van der Waals surface area contributed by atoms with Crippen molar-refractivity contribution in [1.29, 1.82) is 0 Å². The summed E-state index contributed by atoms with van der Waals surface area (Å²) in [5.41, 5.74) is 7.33. The highest BCUT2D eigenvalue weighted by molar-refractivity contribution is 14.1. The molecule has 0 radical (unpaired) electrons. The molecule has 0 heterocycles. The minimum Gasteiger partial charge on any atom is -0.487 e. The van der Waals surface area contributed by atoms with Crippen LogP contribution in [0.2, 0.25) is 0 Å². The monoisotopic (exact) mass is 572 g/mol. The molecule has 0 saturated heterocycles. The minimum absolute atomic E-state index is 0. The number of rotatable bonds is 6. The molecule has 4 nitrogen and oxygen atoms in total. The summed E-state index contributed by atoms with van der Waals surface area (Å²) >= 11 is 4.40. The normalized spacial score (nSPS) is 10.2. The van der Waals surface area contributed by atoms with Crippen molar-refractivity contribution < 1.29 is 9.53 Å². The van der Waals surface area contributed by atoms with E-state index in [-0.39, 0.29) is 24.4 Å². The Hall–Kier alpha value is -0.580. The van der Waals surface area contributed by atoms with Crippen molar-refractivity contribution in [3.8, 4) is 5.75 Å². The second-order valence-electron chi connectivity index (χ2n) is 5.30. The standard InChI is InChI=1S/C17H18I2N2O2.ClH/c1-11(2)20-21-17(22)13-8-14(18)16(15(19)9-13)23-10-12-6-4-3-5-7-12;/h3-9,11,20H,10H2,1-2H3,(H,21,22);1H. The molecule has 7 heteroatoms. The predicted molar refractivity (Wildman–Crippen MR) is 116 cm³/mol. The molecule has 0 spiro atoms. The van der Waals surface area contributed by atoms with Crippen molar-refractivity contribution >= 4 is 63.5 Å². The van der Waals surface area contributed by atoms with E-state index < -0.39 is 0 Å². The van der Waals surface area contributed by atoms with Gasteiger partial charge in [0.05, 0.1) is 7.14 Å². The molecule has 2 aromatic rings. The van der Waals surface area contributed by atoms with Gasteiger partial charge < -0.3 is 4.74 Å². The van der Waals surface area contributed by atoms with Gasteiger partial charge in [-0.1, -0.05) is 30.3 Å². The van der Waals surface area contributed by atoms with Crippen LogP contribution in [0.3, 0.4) is 0 Å². The Labute approximate surface area is 175 Å². The maximum absolute atomic E-state index is 12.1. The topological polar surface area (TPSA) is 50.4 Å². The predicted octanol–water partition coefficient (Wildman–Crippen LogP) is 4.54. The van der Waals surface area contributed by atoms with Crippen LogP contribution in [0.5, 0.6) is 5.75 Å². The van der Waals surface area contributed by atoms with Crippen molar-refractivity contribution in [3.63, 3.8) is 0 Å². The molecule has 0 unspecified atom stereocenters. The second kappa shape index (κ2) is 10.4. The average molecular weight is 573 g/mol. The maximum atomic E-state index is 12.1. The van der Waals surface area contributed by atoms with E-state index in [1.165, 1.54) is 0 Å². The summed E-state index contributed by atoms with van der Waals surface area (Å²) < 4.78 is 7.76. The van der Waals surface area contributed by atoms with Crippen LogP contribution < -0.4 is 15.6 Å². The molecule has 0 aliphatic rings. The number of hydrogen-bond donors (Lipinski definition) is 2. The van der Waals surface area contributed by atoms with E-state index in [9.17, 15) is 4.79 Å². The van der Waals surface area contributed by atoms with Gasteiger partial charge in [-0.05, 0) is 76.7 Å². The number of halogens is 3. The number of hydrazine groups is 1. The molecule has 1 amide bonds. The number of nitrogens with one attached hydrogen (secondary N) is 2. The number of carbonyl (C=O) groups excluding carboxylic acids is 1. The lowest BCUT2D eigenvalue weighted by Gasteiger charge is -2.14. The first-order valence-electron chi connectivity index (χ1n) is 7.19. The van der Waals surface area contributed by atoms with Crippen LogP contribution >= 0.6 is 57.6 Å².